The fourth-order valence-corrected chi connectivity index (χ4v) is 4.70. The molecule has 2 bridgehead atoms. The second kappa shape index (κ2) is 6.56. The third-order valence-corrected chi connectivity index (χ3v) is 6.21. The van der Waals surface area contributed by atoms with E-state index in [-0.39, 0.29) is 16.7 Å². The summed E-state index contributed by atoms with van der Waals surface area (Å²) in [6.07, 6.45) is 4.40. The van der Waals surface area contributed by atoms with E-state index in [1.807, 2.05) is 16.9 Å². The number of carboxylic acid groups (broad SMARTS) is 1. The summed E-state index contributed by atoms with van der Waals surface area (Å²) in [7, 11) is -3.95. The van der Waals surface area contributed by atoms with Gasteiger partial charge in [0.15, 0.2) is 0 Å². The van der Waals surface area contributed by atoms with Crippen LogP contribution in [0.25, 0.3) is 0 Å². The predicted octanol–water partition coefficient (Wildman–Crippen LogP) is 0.973. The van der Waals surface area contributed by atoms with E-state index in [4.69, 9.17) is 0 Å². The Morgan fingerprint density at radius 1 is 1.04 bits per heavy atom. The molecule has 0 saturated heterocycles. The van der Waals surface area contributed by atoms with E-state index in [9.17, 15) is 27.9 Å². The van der Waals surface area contributed by atoms with Crippen LogP contribution in [0.5, 0.6) is 0 Å². The molecule has 3 rings (SSSR count). The number of allylic oxidation sites excluding steroid dienone is 2. The number of carbonyl (C=O) groups is 3. The Balaban J connectivity index is 1.73. The zero-order valence-corrected chi connectivity index (χ0v) is 14.7. The minimum absolute atomic E-state index is 0.0967. The smallest absolute Gasteiger partial charge is 0.307 e. The first kappa shape index (κ1) is 18.1. The van der Waals surface area contributed by atoms with E-state index in [1.165, 1.54) is 24.3 Å². The molecule has 2 aliphatic carbocycles. The molecule has 1 saturated carbocycles. The van der Waals surface area contributed by atoms with Crippen LogP contribution < -0.4 is 10.0 Å². The molecule has 26 heavy (non-hydrogen) atoms. The number of amides is 2. The minimum Gasteiger partial charge on any atom is -0.481 e. The van der Waals surface area contributed by atoms with Crippen molar-refractivity contribution in [2.24, 2.45) is 23.7 Å². The van der Waals surface area contributed by atoms with Gasteiger partial charge < -0.3 is 10.4 Å². The predicted molar refractivity (Wildman–Crippen MR) is 91.4 cm³/mol. The first-order valence-corrected chi connectivity index (χ1v) is 9.53. The van der Waals surface area contributed by atoms with Gasteiger partial charge in [-0.15, -0.1) is 0 Å². The Kier molecular flexibility index (Phi) is 4.57. The Labute approximate surface area is 150 Å². The van der Waals surface area contributed by atoms with Crippen LogP contribution in [0.3, 0.4) is 0 Å². The van der Waals surface area contributed by atoms with Crippen LogP contribution in [0.2, 0.25) is 0 Å². The number of hydrogen-bond acceptors (Lipinski definition) is 5. The van der Waals surface area contributed by atoms with Gasteiger partial charge in [0.05, 0.1) is 16.7 Å². The standard InChI is InChI=1S/C17H18N2O6S/c1-9(20)19-26(24,25)13-6-4-12(5-7-13)18-16(21)14-10-2-3-11(8-10)15(14)17(22)23/h2-7,10-11,14-15H,8H2,1H3,(H,18,21)(H,19,20)(H,22,23)/t10-,11+,14-,15+/m1/s1. The summed E-state index contributed by atoms with van der Waals surface area (Å²) in [5.41, 5.74) is 0.354. The summed E-state index contributed by atoms with van der Waals surface area (Å²) in [5, 5.41) is 12.1. The molecule has 0 heterocycles. The molecule has 2 aliphatic rings. The molecule has 2 amide bonds. The largest absolute Gasteiger partial charge is 0.481 e. The number of aliphatic carboxylic acids is 1. The van der Waals surface area contributed by atoms with Crippen molar-refractivity contribution in [3.63, 3.8) is 0 Å². The molecule has 138 valence electrons. The highest BCUT2D eigenvalue weighted by Crippen LogP contribution is 2.48. The number of benzene rings is 1. The number of carboxylic acids is 1. The van der Waals surface area contributed by atoms with Crippen molar-refractivity contribution in [2.45, 2.75) is 18.2 Å². The number of sulfonamides is 1. The van der Waals surface area contributed by atoms with Crippen LogP contribution in [0.15, 0.2) is 41.3 Å². The molecule has 0 aliphatic heterocycles. The van der Waals surface area contributed by atoms with E-state index < -0.39 is 39.6 Å². The number of rotatable bonds is 5. The van der Waals surface area contributed by atoms with Crippen molar-refractivity contribution in [1.29, 1.82) is 0 Å². The summed E-state index contributed by atoms with van der Waals surface area (Å²) >= 11 is 0. The Morgan fingerprint density at radius 2 is 1.62 bits per heavy atom. The summed E-state index contributed by atoms with van der Waals surface area (Å²) in [5.74, 6) is -3.70. The molecule has 8 nitrogen and oxygen atoms in total. The van der Waals surface area contributed by atoms with Crippen LogP contribution in [0, 0.1) is 23.7 Å². The van der Waals surface area contributed by atoms with Gasteiger partial charge in [0.2, 0.25) is 11.8 Å². The first-order chi connectivity index (χ1) is 12.2. The maximum Gasteiger partial charge on any atom is 0.307 e. The van der Waals surface area contributed by atoms with E-state index in [0.29, 0.717) is 12.1 Å². The quantitative estimate of drug-likeness (QED) is 0.655. The van der Waals surface area contributed by atoms with Gasteiger partial charge in [0.1, 0.15) is 0 Å². The van der Waals surface area contributed by atoms with Gasteiger partial charge in [0, 0.05) is 12.6 Å². The molecular formula is C17H18N2O6S. The fourth-order valence-electron chi connectivity index (χ4n) is 3.71. The fraction of sp³-hybridized carbons (Fsp3) is 0.353. The third-order valence-electron chi connectivity index (χ3n) is 4.76. The average Bonchev–Trinajstić information content (AvgIpc) is 3.15. The van der Waals surface area contributed by atoms with E-state index >= 15 is 0 Å². The highest BCUT2D eigenvalue weighted by atomic mass is 32.2. The van der Waals surface area contributed by atoms with Crippen molar-refractivity contribution < 1.29 is 27.9 Å². The zero-order chi connectivity index (χ0) is 19.1. The second-order valence-electron chi connectivity index (χ2n) is 6.51. The molecule has 1 aromatic rings. The molecule has 0 radical (unpaired) electrons. The van der Waals surface area contributed by atoms with Gasteiger partial charge in [-0.05, 0) is 42.5 Å². The molecule has 3 N–H and O–H groups in total. The number of hydrogen-bond donors (Lipinski definition) is 3. The number of fused-ring (bicyclic) bond motifs is 2. The lowest BCUT2D eigenvalue weighted by molar-refractivity contribution is -0.146. The molecule has 0 unspecified atom stereocenters. The molecular weight excluding hydrogens is 360 g/mol. The van der Waals surface area contributed by atoms with Gasteiger partial charge in [-0.1, -0.05) is 12.2 Å². The van der Waals surface area contributed by atoms with E-state index in [1.54, 1.807) is 0 Å². The number of nitrogens with one attached hydrogen (secondary N) is 2. The van der Waals surface area contributed by atoms with E-state index in [0.717, 1.165) is 6.92 Å². The lowest BCUT2D eigenvalue weighted by atomic mass is 9.82. The van der Waals surface area contributed by atoms with Gasteiger partial charge in [-0.3, -0.25) is 14.4 Å². The van der Waals surface area contributed by atoms with Crippen molar-refractivity contribution in [3.8, 4) is 0 Å². The van der Waals surface area contributed by atoms with Crippen LogP contribution in [0.4, 0.5) is 5.69 Å². The lowest BCUT2D eigenvalue weighted by Crippen LogP contribution is -2.36. The highest BCUT2D eigenvalue weighted by molar-refractivity contribution is 7.90. The summed E-state index contributed by atoms with van der Waals surface area (Å²) < 4.78 is 25.6. The van der Waals surface area contributed by atoms with Gasteiger partial charge in [0.25, 0.3) is 10.0 Å². The minimum atomic E-state index is -3.95. The van der Waals surface area contributed by atoms with Gasteiger partial charge in [-0.25, -0.2) is 13.1 Å². The van der Waals surface area contributed by atoms with E-state index in [2.05, 4.69) is 5.32 Å². The van der Waals surface area contributed by atoms with Crippen LogP contribution in [-0.4, -0.2) is 31.3 Å². The maximum atomic E-state index is 12.6. The van der Waals surface area contributed by atoms with Crippen molar-refractivity contribution >= 4 is 33.5 Å². The molecule has 0 aromatic heterocycles. The summed E-state index contributed by atoms with van der Waals surface area (Å²) in [4.78, 5) is 34.9. The Morgan fingerprint density at radius 3 is 2.15 bits per heavy atom. The Bertz CT molecular complexity index is 890. The average molecular weight is 378 g/mol. The monoisotopic (exact) mass is 378 g/mol. The van der Waals surface area contributed by atoms with Crippen molar-refractivity contribution in [1.82, 2.24) is 4.72 Å². The summed E-state index contributed by atoms with van der Waals surface area (Å²) in [6, 6.07) is 5.31. The number of anilines is 1. The van der Waals surface area contributed by atoms with Crippen molar-refractivity contribution in [3.05, 3.63) is 36.4 Å². The van der Waals surface area contributed by atoms with Crippen LogP contribution >= 0.6 is 0 Å². The molecule has 1 fully saturated rings. The van der Waals surface area contributed by atoms with Crippen molar-refractivity contribution in [2.75, 3.05) is 5.32 Å². The first-order valence-electron chi connectivity index (χ1n) is 8.04. The highest BCUT2D eigenvalue weighted by Gasteiger charge is 2.51. The lowest BCUT2D eigenvalue weighted by Gasteiger charge is -2.23. The Hall–Kier alpha value is -2.68. The summed E-state index contributed by atoms with van der Waals surface area (Å²) in [6.45, 7) is 1.09. The molecule has 0 spiro atoms. The second-order valence-corrected chi connectivity index (χ2v) is 8.20. The maximum absolute atomic E-state index is 12.6. The van der Waals surface area contributed by atoms with Gasteiger partial charge in [-0.2, -0.15) is 0 Å². The zero-order valence-electron chi connectivity index (χ0n) is 13.9. The third kappa shape index (κ3) is 3.34. The molecule has 4 atom stereocenters. The van der Waals surface area contributed by atoms with Crippen LogP contribution in [-0.2, 0) is 24.4 Å². The van der Waals surface area contributed by atoms with Crippen LogP contribution in [0.1, 0.15) is 13.3 Å². The van der Waals surface area contributed by atoms with Gasteiger partial charge >= 0.3 is 5.97 Å². The normalized spacial score (nSPS) is 26.5. The molecule has 9 heteroatoms. The topological polar surface area (TPSA) is 130 Å². The SMILES string of the molecule is CC(=O)NS(=O)(=O)c1ccc(NC(=O)[C@H]2[C@@H](C(=O)O)[C@H]3C=C[C@@H]2C3)cc1. The molecule has 1 aromatic carbocycles. The number of carbonyl (C=O) groups excluding carboxylic acids is 2.